The molecule has 0 bridgehead atoms. The number of carboxylic acid groups (broad SMARTS) is 1. The Morgan fingerprint density at radius 2 is 2.24 bits per heavy atom. The number of aromatic nitrogens is 1. The molecule has 0 radical (unpaired) electrons. The first-order chi connectivity index (χ1) is 9.74. The van der Waals surface area contributed by atoms with Crippen LogP contribution in [0.3, 0.4) is 0 Å². The van der Waals surface area contributed by atoms with Crippen LogP contribution in [0.5, 0.6) is 0 Å². The van der Waals surface area contributed by atoms with Gasteiger partial charge in [0, 0.05) is 18.3 Å². The molecule has 1 aliphatic rings. The van der Waals surface area contributed by atoms with Crippen molar-refractivity contribution in [3.8, 4) is 0 Å². The number of carbonyl (C=O) groups is 2. The minimum atomic E-state index is -1.36. The van der Waals surface area contributed by atoms with Crippen LogP contribution < -0.4 is 5.11 Å². The SMILES string of the molecule is CC(C)(C)OC(=O)N1CCC[C@]1(Cc1cscn1)C(=O)[O-]. The predicted molar refractivity (Wildman–Crippen MR) is 75.7 cm³/mol. The summed E-state index contributed by atoms with van der Waals surface area (Å²) in [7, 11) is 0. The Morgan fingerprint density at radius 1 is 1.52 bits per heavy atom. The molecule has 0 N–H and O–H groups in total. The molecule has 1 aromatic rings. The monoisotopic (exact) mass is 311 g/mol. The fraction of sp³-hybridized carbons (Fsp3) is 0.643. The number of hydrogen-bond donors (Lipinski definition) is 0. The van der Waals surface area contributed by atoms with E-state index in [2.05, 4.69) is 4.98 Å². The summed E-state index contributed by atoms with van der Waals surface area (Å²) in [6.45, 7) is 5.61. The minimum absolute atomic E-state index is 0.151. The summed E-state index contributed by atoms with van der Waals surface area (Å²) in [5, 5.41) is 13.5. The Labute approximate surface area is 127 Å². The number of thiazole rings is 1. The van der Waals surface area contributed by atoms with Gasteiger partial charge in [-0.15, -0.1) is 11.3 Å². The fourth-order valence-corrected chi connectivity index (χ4v) is 3.11. The van der Waals surface area contributed by atoms with E-state index in [4.69, 9.17) is 4.74 Å². The molecular weight excluding hydrogens is 292 g/mol. The van der Waals surface area contributed by atoms with E-state index in [0.717, 1.165) is 0 Å². The lowest BCUT2D eigenvalue weighted by atomic mass is 9.91. The maximum Gasteiger partial charge on any atom is 0.411 e. The zero-order valence-corrected chi connectivity index (χ0v) is 13.2. The molecule has 0 unspecified atom stereocenters. The topological polar surface area (TPSA) is 82.6 Å². The summed E-state index contributed by atoms with van der Waals surface area (Å²) in [6, 6.07) is 0. The Balaban J connectivity index is 2.26. The molecule has 1 amide bonds. The molecule has 0 saturated carbocycles. The number of aliphatic carboxylic acids is 1. The van der Waals surface area contributed by atoms with Crippen LogP contribution in [-0.2, 0) is 16.0 Å². The number of nitrogens with zero attached hydrogens (tertiary/aromatic N) is 2. The Bertz CT molecular complexity index is 524. The normalized spacial score (nSPS) is 22.3. The second kappa shape index (κ2) is 5.63. The molecule has 1 atom stereocenters. The smallest absolute Gasteiger partial charge is 0.411 e. The first kappa shape index (κ1) is 15.8. The third kappa shape index (κ3) is 3.34. The summed E-state index contributed by atoms with van der Waals surface area (Å²) >= 11 is 1.39. The van der Waals surface area contributed by atoms with E-state index >= 15 is 0 Å². The van der Waals surface area contributed by atoms with Crippen molar-refractivity contribution in [3.05, 3.63) is 16.6 Å². The molecule has 2 heterocycles. The van der Waals surface area contributed by atoms with Gasteiger partial charge in [0.05, 0.1) is 22.7 Å². The van der Waals surface area contributed by atoms with Crippen molar-refractivity contribution in [1.29, 1.82) is 0 Å². The van der Waals surface area contributed by atoms with Gasteiger partial charge in [0.2, 0.25) is 0 Å². The van der Waals surface area contributed by atoms with Crippen LogP contribution in [0.2, 0.25) is 0 Å². The molecule has 21 heavy (non-hydrogen) atoms. The lowest BCUT2D eigenvalue weighted by molar-refractivity contribution is -0.317. The molecule has 1 fully saturated rings. The average molecular weight is 311 g/mol. The number of likely N-dealkylation sites (tertiary alicyclic amines) is 1. The summed E-state index contributed by atoms with van der Waals surface area (Å²) in [4.78, 5) is 29.5. The predicted octanol–water partition coefficient (Wildman–Crippen LogP) is 1.21. The maximum atomic E-state index is 12.3. The van der Waals surface area contributed by atoms with Crippen LogP contribution in [0.4, 0.5) is 4.79 Å². The lowest BCUT2D eigenvalue weighted by Gasteiger charge is -2.39. The van der Waals surface area contributed by atoms with Crippen LogP contribution in [0.25, 0.3) is 0 Å². The quantitative estimate of drug-likeness (QED) is 0.838. The van der Waals surface area contributed by atoms with Gasteiger partial charge in [0.1, 0.15) is 5.60 Å². The van der Waals surface area contributed by atoms with E-state index < -0.39 is 23.2 Å². The molecule has 1 aromatic heterocycles. The molecule has 0 spiro atoms. The largest absolute Gasteiger partial charge is 0.548 e. The Morgan fingerprint density at radius 3 is 2.76 bits per heavy atom. The van der Waals surface area contributed by atoms with Crippen LogP contribution in [-0.4, -0.2) is 39.6 Å². The molecule has 7 heteroatoms. The van der Waals surface area contributed by atoms with Gasteiger partial charge in [-0.3, -0.25) is 4.90 Å². The third-order valence-electron chi connectivity index (χ3n) is 3.44. The highest BCUT2D eigenvalue weighted by Gasteiger charge is 2.47. The zero-order chi connectivity index (χ0) is 15.7. The fourth-order valence-electron chi connectivity index (χ4n) is 2.55. The van der Waals surface area contributed by atoms with E-state index in [1.54, 1.807) is 31.7 Å². The highest BCUT2D eigenvalue weighted by molar-refractivity contribution is 7.07. The van der Waals surface area contributed by atoms with Gasteiger partial charge in [0.25, 0.3) is 0 Å². The Kier molecular flexibility index (Phi) is 4.22. The van der Waals surface area contributed by atoms with Gasteiger partial charge < -0.3 is 14.6 Å². The second-order valence-corrected chi connectivity index (χ2v) is 6.93. The molecular formula is C14H19N2O4S-. The molecule has 6 nitrogen and oxygen atoms in total. The number of amides is 1. The van der Waals surface area contributed by atoms with Gasteiger partial charge in [-0.2, -0.15) is 0 Å². The molecule has 0 aliphatic carbocycles. The molecule has 1 aliphatic heterocycles. The van der Waals surface area contributed by atoms with Gasteiger partial charge in [0.15, 0.2) is 0 Å². The van der Waals surface area contributed by atoms with Crippen molar-refractivity contribution >= 4 is 23.4 Å². The van der Waals surface area contributed by atoms with Gasteiger partial charge >= 0.3 is 6.09 Å². The van der Waals surface area contributed by atoms with E-state index in [1.807, 2.05) is 0 Å². The average Bonchev–Trinajstić information content (AvgIpc) is 2.96. The highest BCUT2D eigenvalue weighted by atomic mass is 32.1. The first-order valence-corrected chi connectivity index (χ1v) is 7.78. The number of carbonyl (C=O) groups excluding carboxylic acids is 2. The third-order valence-corrected chi connectivity index (χ3v) is 4.07. The van der Waals surface area contributed by atoms with E-state index in [9.17, 15) is 14.7 Å². The summed E-state index contributed by atoms with van der Waals surface area (Å²) in [5.74, 6) is -1.25. The number of rotatable bonds is 3. The van der Waals surface area contributed by atoms with Crippen molar-refractivity contribution < 1.29 is 19.4 Å². The van der Waals surface area contributed by atoms with Crippen molar-refractivity contribution in [2.75, 3.05) is 6.54 Å². The van der Waals surface area contributed by atoms with Gasteiger partial charge in [-0.25, -0.2) is 9.78 Å². The van der Waals surface area contributed by atoms with Gasteiger partial charge in [-0.1, -0.05) is 0 Å². The molecule has 2 rings (SSSR count). The zero-order valence-electron chi connectivity index (χ0n) is 12.4. The van der Waals surface area contributed by atoms with Crippen LogP contribution in [0, 0.1) is 0 Å². The maximum absolute atomic E-state index is 12.3. The number of hydrogen-bond acceptors (Lipinski definition) is 6. The van der Waals surface area contributed by atoms with Crippen LogP contribution in [0.15, 0.2) is 10.9 Å². The summed E-state index contributed by atoms with van der Waals surface area (Å²) in [6.07, 6.45) is 0.501. The highest BCUT2D eigenvalue weighted by Crippen LogP contribution is 2.33. The van der Waals surface area contributed by atoms with Crippen LogP contribution >= 0.6 is 11.3 Å². The molecule has 1 saturated heterocycles. The summed E-state index contributed by atoms with van der Waals surface area (Å²) < 4.78 is 5.32. The molecule has 0 aromatic carbocycles. The minimum Gasteiger partial charge on any atom is -0.548 e. The summed E-state index contributed by atoms with van der Waals surface area (Å²) in [5.41, 5.74) is 0.263. The van der Waals surface area contributed by atoms with Crippen molar-refractivity contribution in [2.24, 2.45) is 0 Å². The van der Waals surface area contributed by atoms with Crippen molar-refractivity contribution in [1.82, 2.24) is 9.88 Å². The Hall–Kier alpha value is -1.63. The van der Waals surface area contributed by atoms with E-state index in [-0.39, 0.29) is 6.42 Å². The van der Waals surface area contributed by atoms with Crippen LogP contribution in [0.1, 0.15) is 39.3 Å². The standard InChI is InChI=1S/C14H20N2O4S/c1-13(2,3)20-12(19)16-6-4-5-14(16,11(17)18)7-10-8-21-9-15-10/h8-9H,4-7H2,1-3H3,(H,17,18)/p-1/t14-/m0/s1. The van der Waals surface area contributed by atoms with E-state index in [0.29, 0.717) is 25.1 Å². The lowest BCUT2D eigenvalue weighted by Crippen LogP contribution is -2.60. The van der Waals surface area contributed by atoms with Crippen molar-refractivity contribution in [2.45, 2.75) is 51.2 Å². The van der Waals surface area contributed by atoms with Crippen molar-refractivity contribution in [3.63, 3.8) is 0 Å². The number of ether oxygens (including phenoxy) is 1. The second-order valence-electron chi connectivity index (χ2n) is 6.21. The molecule has 116 valence electrons. The first-order valence-electron chi connectivity index (χ1n) is 6.84. The van der Waals surface area contributed by atoms with E-state index in [1.165, 1.54) is 16.2 Å². The number of carboxylic acids is 1. The van der Waals surface area contributed by atoms with Gasteiger partial charge in [-0.05, 0) is 33.6 Å².